The maximum atomic E-state index is 11.1. The molecular weight excluding hydrogens is 230 g/mol. The SMILES string of the molecule is COc1ccc([C@@H]2C[C@H](NC(C)=O)CCO2)cc1. The van der Waals surface area contributed by atoms with Crippen LogP contribution in [-0.4, -0.2) is 25.7 Å². The van der Waals surface area contributed by atoms with Crippen LogP contribution >= 0.6 is 0 Å². The maximum Gasteiger partial charge on any atom is 0.217 e. The first kappa shape index (κ1) is 12.9. The van der Waals surface area contributed by atoms with Gasteiger partial charge in [-0.3, -0.25) is 4.79 Å². The highest BCUT2D eigenvalue weighted by Gasteiger charge is 2.24. The summed E-state index contributed by atoms with van der Waals surface area (Å²) in [5, 5.41) is 2.96. The molecule has 1 fully saturated rings. The zero-order chi connectivity index (χ0) is 13.0. The summed E-state index contributed by atoms with van der Waals surface area (Å²) in [4.78, 5) is 11.1. The average molecular weight is 249 g/mol. The van der Waals surface area contributed by atoms with E-state index in [2.05, 4.69) is 5.32 Å². The van der Waals surface area contributed by atoms with Crippen LogP contribution in [0.1, 0.15) is 31.4 Å². The van der Waals surface area contributed by atoms with Crippen LogP contribution < -0.4 is 10.1 Å². The van der Waals surface area contributed by atoms with Crippen LogP contribution in [0.2, 0.25) is 0 Å². The summed E-state index contributed by atoms with van der Waals surface area (Å²) in [5.74, 6) is 0.864. The van der Waals surface area contributed by atoms with Gasteiger partial charge in [0.05, 0.1) is 13.2 Å². The molecule has 0 aliphatic carbocycles. The molecule has 0 spiro atoms. The lowest BCUT2D eigenvalue weighted by atomic mass is 9.97. The van der Waals surface area contributed by atoms with Gasteiger partial charge in [0, 0.05) is 19.6 Å². The third-order valence-electron chi connectivity index (χ3n) is 3.18. The molecule has 1 saturated heterocycles. The minimum Gasteiger partial charge on any atom is -0.497 e. The van der Waals surface area contributed by atoms with E-state index in [1.807, 2.05) is 24.3 Å². The first-order chi connectivity index (χ1) is 8.69. The second-order valence-corrected chi connectivity index (χ2v) is 4.55. The number of methoxy groups -OCH3 is 1. The van der Waals surface area contributed by atoms with Gasteiger partial charge in [0.1, 0.15) is 5.75 Å². The van der Waals surface area contributed by atoms with E-state index in [1.165, 1.54) is 0 Å². The molecular formula is C14H19NO3. The van der Waals surface area contributed by atoms with E-state index in [-0.39, 0.29) is 18.1 Å². The number of benzene rings is 1. The molecule has 4 heteroatoms. The highest BCUT2D eigenvalue weighted by molar-refractivity contribution is 5.73. The first-order valence-corrected chi connectivity index (χ1v) is 6.21. The van der Waals surface area contributed by atoms with E-state index < -0.39 is 0 Å². The Bertz CT molecular complexity index is 402. The highest BCUT2D eigenvalue weighted by Crippen LogP contribution is 2.29. The molecule has 0 unspecified atom stereocenters. The van der Waals surface area contributed by atoms with Crippen LogP contribution in [0.4, 0.5) is 0 Å². The highest BCUT2D eigenvalue weighted by atomic mass is 16.5. The third-order valence-corrected chi connectivity index (χ3v) is 3.18. The molecule has 1 aromatic rings. The Morgan fingerprint density at radius 3 is 2.72 bits per heavy atom. The van der Waals surface area contributed by atoms with Gasteiger partial charge < -0.3 is 14.8 Å². The number of carbonyl (C=O) groups is 1. The Balaban J connectivity index is 2.01. The molecule has 1 aliphatic heterocycles. The van der Waals surface area contributed by atoms with Gasteiger partial charge in [0.15, 0.2) is 0 Å². The Morgan fingerprint density at radius 1 is 1.39 bits per heavy atom. The Hall–Kier alpha value is -1.55. The Morgan fingerprint density at radius 2 is 2.11 bits per heavy atom. The van der Waals surface area contributed by atoms with Gasteiger partial charge in [-0.2, -0.15) is 0 Å². The monoisotopic (exact) mass is 249 g/mol. The molecule has 2 atom stereocenters. The van der Waals surface area contributed by atoms with E-state index >= 15 is 0 Å². The van der Waals surface area contributed by atoms with E-state index in [1.54, 1.807) is 14.0 Å². The quantitative estimate of drug-likeness (QED) is 0.892. The molecule has 0 bridgehead atoms. The summed E-state index contributed by atoms with van der Waals surface area (Å²) < 4.78 is 10.9. The molecule has 1 amide bonds. The normalized spacial score (nSPS) is 23.4. The van der Waals surface area contributed by atoms with Crippen LogP contribution in [0.3, 0.4) is 0 Å². The topological polar surface area (TPSA) is 47.6 Å². The van der Waals surface area contributed by atoms with Crippen molar-refractivity contribution in [3.63, 3.8) is 0 Å². The predicted molar refractivity (Wildman–Crippen MR) is 68.5 cm³/mol. The van der Waals surface area contributed by atoms with Crippen molar-refractivity contribution >= 4 is 5.91 Å². The Labute approximate surface area is 107 Å². The van der Waals surface area contributed by atoms with Crippen LogP contribution in [0.5, 0.6) is 5.75 Å². The first-order valence-electron chi connectivity index (χ1n) is 6.21. The third kappa shape index (κ3) is 3.23. The fourth-order valence-electron chi connectivity index (χ4n) is 2.27. The smallest absolute Gasteiger partial charge is 0.217 e. The molecule has 0 radical (unpaired) electrons. The van der Waals surface area contributed by atoms with E-state index in [0.717, 1.165) is 24.2 Å². The molecule has 1 aliphatic rings. The van der Waals surface area contributed by atoms with Crippen LogP contribution in [-0.2, 0) is 9.53 Å². The zero-order valence-corrected chi connectivity index (χ0v) is 10.8. The average Bonchev–Trinajstić information content (AvgIpc) is 2.38. The van der Waals surface area contributed by atoms with Crippen LogP contribution in [0, 0.1) is 0 Å². The van der Waals surface area contributed by atoms with Gasteiger partial charge in [-0.05, 0) is 30.5 Å². The molecule has 18 heavy (non-hydrogen) atoms. The summed E-state index contributed by atoms with van der Waals surface area (Å²) in [6, 6.07) is 8.10. The van der Waals surface area contributed by atoms with Gasteiger partial charge in [-0.25, -0.2) is 0 Å². The molecule has 0 aromatic heterocycles. The largest absolute Gasteiger partial charge is 0.497 e. The number of carbonyl (C=O) groups excluding carboxylic acids is 1. The van der Waals surface area contributed by atoms with Crippen molar-refractivity contribution in [1.82, 2.24) is 5.32 Å². The standard InChI is InChI=1S/C14H19NO3/c1-10(16)15-12-7-8-18-14(9-12)11-3-5-13(17-2)6-4-11/h3-6,12,14H,7-9H2,1-2H3,(H,15,16)/t12-,14+/m1/s1. The van der Waals surface area contributed by atoms with Gasteiger partial charge in [0.2, 0.25) is 5.91 Å². The lowest BCUT2D eigenvalue weighted by Crippen LogP contribution is -2.38. The molecule has 1 aromatic carbocycles. The second-order valence-electron chi connectivity index (χ2n) is 4.55. The minimum atomic E-state index is 0.0235. The van der Waals surface area contributed by atoms with Crippen molar-refractivity contribution in [2.45, 2.75) is 31.9 Å². The number of hydrogen-bond acceptors (Lipinski definition) is 3. The van der Waals surface area contributed by atoms with Gasteiger partial charge >= 0.3 is 0 Å². The van der Waals surface area contributed by atoms with Crippen molar-refractivity contribution in [2.24, 2.45) is 0 Å². The van der Waals surface area contributed by atoms with Crippen molar-refractivity contribution in [3.05, 3.63) is 29.8 Å². The number of hydrogen-bond donors (Lipinski definition) is 1. The van der Waals surface area contributed by atoms with Gasteiger partial charge in [0.25, 0.3) is 0 Å². The fourth-order valence-corrected chi connectivity index (χ4v) is 2.27. The minimum absolute atomic E-state index is 0.0235. The number of amides is 1. The Kier molecular flexibility index (Phi) is 4.20. The van der Waals surface area contributed by atoms with Crippen molar-refractivity contribution in [3.8, 4) is 5.75 Å². The summed E-state index contributed by atoms with van der Waals surface area (Å²) in [6.45, 7) is 2.24. The maximum absolute atomic E-state index is 11.1. The van der Waals surface area contributed by atoms with Crippen LogP contribution in [0.25, 0.3) is 0 Å². The molecule has 98 valence electrons. The summed E-state index contributed by atoms with van der Waals surface area (Å²) in [5.41, 5.74) is 1.13. The fraction of sp³-hybridized carbons (Fsp3) is 0.500. The molecule has 4 nitrogen and oxygen atoms in total. The number of nitrogens with one attached hydrogen (secondary N) is 1. The zero-order valence-electron chi connectivity index (χ0n) is 10.8. The van der Waals surface area contributed by atoms with Gasteiger partial charge in [-0.15, -0.1) is 0 Å². The van der Waals surface area contributed by atoms with E-state index in [4.69, 9.17) is 9.47 Å². The number of ether oxygens (including phenoxy) is 2. The predicted octanol–water partition coefficient (Wildman–Crippen LogP) is 2.05. The second kappa shape index (κ2) is 5.87. The van der Waals surface area contributed by atoms with Crippen molar-refractivity contribution in [2.75, 3.05) is 13.7 Å². The molecule has 0 saturated carbocycles. The number of rotatable bonds is 3. The van der Waals surface area contributed by atoms with Crippen LogP contribution in [0.15, 0.2) is 24.3 Å². The lowest BCUT2D eigenvalue weighted by molar-refractivity contribution is -0.120. The molecule has 1 N–H and O–H groups in total. The lowest BCUT2D eigenvalue weighted by Gasteiger charge is -2.30. The summed E-state index contributed by atoms with van der Waals surface area (Å²) in [6.07, 6.45) is 1.76. The summed E-state index contributed by atoms with van der Waals surface area (Å²) in [7, 11) is 1.65. The van der Waals surface area contributed by atoms with Gasteiger partial charge in [-0.1, -0.05) is 12.1 Å². The van der Waals surface area contributed by atoms with Crippen molar-refractivity contribution in [1.29, 1.82) is 0 Å². The van der Waals surface area contributed by atoms with E-state index in [9.17, 15) is 4.79 Å². The molecule has 2 rings (SSSR count). The summed E-state index contributed by atoms with van der Waals surface area (Å²) >= 11 is 0. The van der Waals surface area contributed by atoms with E-state index in [0.29, 0.717) is 6.61 Å². The molecule has 1 heterocycles. The van der Waals surface area contributed by atoms with Crippen molar-refractivity contribution < 1.29 is 14.3 Å².